The normalized spacial score (nSPS) is 26.4. The fourth-order valence-corrected chi connectivity index (χ4v) is 3.63. The number of nitrogens with zero attached hydrogens (tertiary/aromatic N) is 1. The summed E-state index contributed by atoms with van der Waals surface area (Å²) in [5, 5.41) is 0. The Hall–Kier alpha value is -2.62. The summed E-state index contributed by atoms with van der Waals surface area (Å²) in [7, 11) is 1.73. The summed E-state index contributed by atoms with van der Waals surface area (Å²) in [6, 6.07) is 17.2. The van der Waals surface area contributed by atoms with Gasteiger partial charge in [0.2, 0.25) is 5.60 Å². The number of carbonyl (C=O) groups is 2. The second kappa shape index (κ2) is 4.44. The average molecular weight is 293 g/mol. The van der Waals surface area contributed by atoms with Crippen molar-refractivity contribution in [1.29, 1.82) is 0 Å². The first-order valence-electron chi connectivity index (χ1n) is 7.29. The molecule has 2 aliphatic rings. The summed E-state index contributed by atoms with van der Waals surface area (Å²) in [6.07, 6.45) is 0.220. The van der Waals surface area contributed by atoms with E-state index in [4.69, 9.17) is 4.74 Å². The molecule has 0 bridgehead atoms. The molecule has 22 heavy (non-hydrogen) atoms. The highest BCUT2D eigenvalue weighted by Gasteiger charge is 2.62. The van der Waals surface area contributed by atoms with E-state index in [0.717, 1.165) is 16.8 Å². The number of para-hydroxylation sites is 1. The molecule has 1 saturated heterocycles. The molecule has 4 rings (SSSR count). The van der Waals surface area contributed by atoms with E-state index in [0.29, 0.717) is 0 Å². The van der Waals surface area contributed by atoms with Crippen molar-refractivity contribution in [2.75, 3.05) is 11.9 Å². The van der Waals surface area contributed by atoms with E-state index in [1.165, 1.54) is 0 Å². The fourth-order valence-electron chi connectivity index (χ4n) is 3.63. The molecule has 1 amide bonds. The van der Waals surface area contributed by atoms with Crippen LogP contribution in [-0.2, 0) is 19.9 Å². The SMILES string of the molecule is CN1C(=O)[C@@]2(OC(=O)C[C@H]2c2ccccc2)c2ccccc21. The van der Waals surface area contributed by atoms with Crippen LogP contribution in [-0.4, -0.2) is 18.9 Å². The molecule has 0 unspecified atom stereocenters. The molecule has 0 aliphatic carbocycles. The van der Waals surface area contributed by atoms with Crippen LogP contribution in [0.4, 0.5) is 5.69 Å². The van der Waals surface area contributed by atoms with E-state index in [1.54, 1.807) is 11.9 Å². The lowest BCUT2D eigenvalue weighted by Gasteiger charge is -2.28. The van der Waals surface area contributed by atoms with E-state index in [9.17, 15) is 9.59 Å². The largest absolute Gasteiger partial charge is 0.443 e. The van der Waals surface area contributed by atoms with Gasteiger partial charge in [-0.3, -0.25) is 9.59 Å². The maximum absolute atomic E-state index is 13.0. The fraction of sp³-hybridized carbons (Fsp3) is 0.222. The lowest BCUT2D eigenvalue weighted by Crippen LogP contribution is -2.42. The van der Waals surface area contributed by atoms with E-state index in [2.05, 4.69) is 0 Å². The summed E-state index contributed by atoms with van der Waals surface area (Å²) in [4.78, 5) is 26.6. The van der Waals surface area contributed by atoms with Gasteiger partial charge in [-0.2, -0.15) is 0 Å². The van der Waals surface area contributed by atoms with E-state index < -0.39 is 5.60 Å². The number of benzene rings is 2. The zero-order valence-corrected chi connectivity index (χ0v) is 12.2. The molecular weight excluding hydrogens is 278 g/mol. The number of ether oxygens (including phenoxy) is 1. The van der Waals surface area contributed by atoms with E-state index in [-0.39, 0.29) is 24.2 Å². The Kier molecular flexibility index (Phi) is 2.64. The Labute approximate surface area is 128 Å². The molecule has 0 saturated carbocycles. The van der Waals surface area contributed by atoms with E-state index in [1.807, 2.05) is 54.6 Å². The molecule has 2 aromatic rings. The van der Waals surface area contributed by atoms with Gasteiger partial charge in [-0.15, -0.1) is 0 Å². The third kappa shape index (κ3) is 1.52. The van der Waals surface area contributed by atoms with Gasteiger partial charge in [0.1, 0.15) is 0 Å². The Balaban J connectivity index is 1.95. The number of anilines is 1. The highest BCUT2D eigenvalue weighted by Crippen LogP contribution is 2.54. The van der Waals surface area contributed by atoms with Crippen LogP contribution in [0.15, 0.2) is 54.6 Å². The Bertz CT molecular complexity index is 771. The number of amides is 1. The number of fused-ring (bicyclic) bond motifs is 2. The van der Waals surface area contributed by atoms with Crippen LogP contribution in [0, 0.1) is 0 Å². The molecule has 2 aromatic carbocycles. The van der Waals surface area contributed by atoms with Crippen molar-refractivity contribution in [2.24, 2.45) is 0 Å². The molecule has 2 aliphatic heterocycles. The van der Waals surface area contributed by atoms with Crippen molar-refractivity contribution < 1.29 is 14.3 Å². The van der Waals surface area contributed by atoms with E-state index >= 15 is 0 Å². The van der Waals surface area contributed by atoms with Crippen LogP contribution < -0.4 is 4.90 Å². The molecule has 1 spiro atoms. The van der Waals surface area contributed by atoms with Crippen molar-refractivity contribution in [1.82, 2.24) is 0 Å². The molecule has 4 heteroatoms. The van der Waals surface area contributed by atoms with Gasteiger partial charge >= 0.3 is 5.97 Å². The van der Waals surface area contributed by atoms with Crippen LogP contribution >= 0.6 is 0 Å². The number of likely N-dealkylation sites (N-methyl/N-ethyl adjacent to an activating group) is 1. The number of carbonyl (C=O) groups excluding carboxylic acids is 2. The van der Waals surface area contributed by atoms with Crippen LogP contribution in [0.25, 0.3) is 0 Å². The molecule has 2 atom stereocenters. The second-order valence-electron chi connectivity index (χ2n) is 5.76. The Morgan fingerprint density at radius 3 is 2.50 bits per heavy atom. The molecule has 1 fully saturated rings. The van der Waals surface area contributed by atoms with Crippen LogP contribution in [0.2, 0.25) is 0 Å². The highest BCUT2D eigenvalue weighted by atomic mass is 16.6. The van der Waals surface area contributed by atoms with Crippen molar-refractivity contribution in [3.63, 3.8) is 0 Å². The minimum Gasteiger partial charge on any atom is -0.443 e. The second-order valence-corrected chi connectivity index (χ2v) is 5.76. The first-order chi connectivity index (χ1) is 10.6. The van der Waals surface area contributed by atoms with Crippen molar-refractivity contribution >= 4 is 17.6 Å². The minimum absolute atomic E-state index is 0.173. The molecule has 2 heterocycles. The first-order valence-corrected chi connectivity index (χ1v) is 7.29. The predicted molar refractivity (Wildman–Crippen MR) is 81.4 cm³/mol. The quantitative estimate of drug-likeness (QED) is 0.759. The molecule has 4 nitrogen and oxygen atoms in total. The number of hydrogen-bond donors (Lipinski definition) is 0. The highest BCUT2D eigenvalue weighted by molar-refractivity contribution is 6.09. The average Bonchev–Trinajstić information content (AvgIpc) is 3.01. The maximum atomic E-state index is 13.0. The number of hydrogen-bond acceptors (Lipinski definition) is 3. The van der Waals surface area contributed by atoms with Gasteiger partial charge in [0.05, 0.1) is 12.1 Å². The van der Waals surface area contributed by atoms with Crippen molar-refractivity contribution in [3.8, 4) is 0 Å². The molecule has 0 aromatic heterocycles. The number of esters is 1. The lowest BCUT2D eigenvalue weighted by molar-refractivity contribution is -0.157. The molecule has 0 radical (unpaired) electrons. The van der Waals surface area contributed by atoms with Gasteiger partial charge in [0, 0.05) is 18.5 Å². The summed E-state index contributed by atoms with van der Waals surface area (Å²) in [6.45, 7) is 0. The summed E-state index contributed by atoms with van der Waals surface area (Å²) in [5.74, 6) is -0.791. The standard InChI is InChI=1S/C18H15NO3/c1-19-15-10-6-5-9-13(15)18(17(19)21)14(11-16(20)22-18)12-7-3-2-4-8-12/h2-10,14H,11H2,1H3/t14-,18+/m0/s1. The summed E-state index contributed by atoms with van der Waals surface area (Å²) in [5.41, 5.74) is 1.32. The minimum atomic E-state index is -1.22. The van der Waals surface area contributed by atoms with Crippen LogP contribution in [0.1, 0.15) is 23.5 Å². The predicted octanol–water partition coefficient (Wildman–Crippen LogP) is 2.59. The zero-order valence-electron chi connectivity index (χ0n) is 12.2. The van der Waals surface area contributed by atoms with Crippen LogP contribution in [0.3, 0.4) is 0 Å². The lowest BCUT2D eigenvalue weighted by atomic mass is 9.78. The molecular formula is C18H15NO3. The smallest absolute Gasteiger partial charge is 0.308 e. The molecule has 0 N–H and O–H groups in total. The first kappa shape index (κ1) is 13.1. The van der Waals surface area contributed by atoms with Gasteiger partial charge in [0.15, 0.2) is 0 Å². The summed E-state index contributed by atoms with van der Waals surface area (Å²) >= 11 is 0. The van der Waals surface area contributed by atoms with Crippen molar-refractivity contribution in [2.45, 2.75) is 17.9 Å². The van der Waals surface area contributed by atoms with Gasteiger partial charge < -0.3 is 9.64 Å². The summed E-state index contributed by atoms with van der Waals surface area (Å²) < 4.78 is 5.66. The number of rotatable bonds is 1. The topological polar surface area (TPSA) is 46.6 Å². The van der Waals surface area contributed by atoms with Gasteiger partial charge in [-0.25, -0.2) is 0 Å². The Morgan fingerprint density at radius 2 is 1.73 bits per heavy atom. The Morgan fingerprint density at radius 1 is 1.05 bits per heavy atom. The third-order valence-corrected chi connectivity index (χ3v) is 4.63. The molecule has 110 valence electrons. The van der Waals surface area contributed by atoms with Gasteiger partial charge in [0.25, 0.3) is 5.91 Å². The third-order valence-electron chi connectivity index (χ3n) is 4.63. The zero-order chi connectivity index (χ0) is 15.3. The maximum Gasteiger partial charge on any atom is 0.308 e. The van der Waals surface area contributed by atoms with Gasteiger partial charge in [-0.05, 0) is 11.6 Å². The van der Waals surface area contributed by atoms with Crippen LogP contribution in [0.5, 0.6) is 0 Å². The van der Waals surface area contributed by atoms with Crippen molar-refractivity contribution in [3.05, 3.63) is 65.7 Å². The monoisotopic (exact) mass is 293 g/mol. The van der Waals surface area contributed by atoms with Gasteiger partial charge in [-0.1, -0.05) is 48.5 Å².